The molecule has 2 N–H and O–H groups in total. The fourth-order valence-corrected chi connectivity index (χ4v) is 2.00. The highest BCUT2D eigenvalue weighted by atomic mass is 35.5. The average Bonchev–Trinajstić information content (AvgIpc) is 2.39. The summed E-state index contributed by atoms with van der Waals surface area (Å²) in [4.78, 5) is 11.7. The van der Waals surface area contributed by atoms with Gasteiger partial charge in [0.25, 0.3) is 0 Å². The van der Waals surface area contributed by atoms with Crippen molar-refractivity contribution in [2.75, 3.05) is 25.1 Å². The van der Waals surface area contributed by atoms with Crippen molar-refractivity contribution in [3.63, 3.8) is 0 Å². The third-order valence-electron chi connectivity index (χ3n) is 2.88. The second-order valence-electron chi connectivity index (χ2n) is 4.31. The first kappa shape index (κ1) is 13.2. The standard InChI is InChI=1S/C13H17ClN2O2/c14-10-1-3-11(4-2-10)15-9-13(17)16-12-5-7-18-8-6-12/h1-4,12,15H,5-9H2,(H,16,17). The molecule has 1 aromatic rings. The Hall–Kier alpha value is -1.26. The first-order chi connectivity index (χ1) is 8.74. The molecule has 0 aliphatic carbocycles. The van der Waals surface area contributed by atoms with Crippen molar-refractivity contribution in [3.8, 4) is 0 Å². The molecule has 0 saturated carbocycles. The number of amides is 1. The number of rotatable bonds is 4. The molecule has 1 aromatic carbocycles. The topological polar surface area (TPSA) is 50.4 Å². The minimum atomic E-state index is 0.0110. The van der Waals surface area contributed by atoms with E-state index in [0.29, 0.717) is 5.02 Å². The molecular formula is C13H17ClN2O2. The van der Waals surface area contributed by atoms with E-state index in [1.54, 1.807) is 12.1 Å². The van der Waals surface area contributed by atoms with E-state index in [9.17, 15) is 4.79 Å². The molecule has 0 unspecified atom stereocenters. The van der Waals surface area contributed by atoms with Crippen LogP contribution in [0.3, 0.4) is 0 Å². The van der Waals surface area contributed by atoms with Crippen LogP contribution in [0.15, 0.2) is 24.3 Å². The van der Waals surface area contributed by atoms with Crippen molar-refractivity contribution in [3.05, 3.63) is 29.3 Å². The molecule has 0 spiro atoms. The summed E-state index contributed by atoms with van der Waals surface area (Å²) in [5.41, 5.74) is 0.890. The van der Waals surface area contributed by atoms with Crippen LogP contribution in [-0.2, 0) is 9.53 Å². The predicted molar refractivity (Wildman–Crippen MR) is 71.9 cm³/mol. The molecule has 1 aliphatic rings. The molecule has 4 nitrogen and oxygen atoms in total. The molecule has 1 aliphatic heterocycles. The van der Waals surface area contributed by atoms with Gasteiger partial charge < -0.3 is 15.4 Å². The molecule has 1 amide bonds. The molecule has 5 heteroatoms. The number of halogens is 1. The normalized spacial score (nSPS) is 16.3. The fourth-order valence-electron chi connectivity index (χ4n) is 1.87. The minimum absolute atomic E-state index is 0.0110. The Balaban J connectivity index is 1.72. The maximum Gasteiger partial charge on any atom is 0.239 e. The molecule has 18 heavy (non-hydrogen) atoms. The Morgan fingerprint density at radius 2 is 1.94 bits per heavy atom. The van der Waals surface area contributed by atoms with Gasteiger partial charge in [0.05, 0.1) is 6.54 Å². The number of benzene rings is 1. The lowest BCUT2D eigenvalue weighted by Gasteiger charge is -2.23. The van der Waals surface area contributed by atoms with Crippen LogP contribution in [0.2, 0.25) is 5.02 Å². The summed E-state index contributed by atoms with van der Waals surface area (Å²) in [5, 5.41) is 6.74. The van der Waals surface area contributed by atoms with Crippen LogP contribution >= 0.6 is 11.6 Å². The number of ether oxygens (including phenoxy) is 1. The Labute approximate surface area is 112 Å². The predicted octanol–water partition coefficient (Wildman–Crippen LogP) is 2.05. The van der Waals surface area contributed by atoms with Crippen LogP contribution in [0.5, 0.6) is 0 Å². The highest BCUT2D eigenvalue weighted by molar-refractivity contribution is 6.30. The smallest absolute Gasteiger partial charge is 0.239 e. The summed E-state index contributed by atoms with van der Waals surface area (Å²) in [6.07, 6.45) is 1.79. The maximum absolute atomic E-state index is 11.7. The van der Waals surface area contributed by atoms with Crippen molar-refractivity contribution in [2.45, 2.75) is 18.9 Å². The van der Waals surface area contributed by atoms with E-state index in [2.05, 4.69) is 10.6 Å². The van der Waals surface area contributed by atoms with Gasteiger partial charge in [0, 0.05) is 30.0 Å². The zero-order valence-corrected chi connectivity index (χ0v) is 10.9. The lowest BCUT2D eigenvalue weighted by atomic mass is 10.1. The average molecular weight is 269 g/mol. The molecule has 98 valence electrons. The summed E-state index contributed by atoms with van der Waals surface area (Å²) in [5.74, 6) is 0.0110. The van der Waals surface area contributed by atoms with Crippen LogP contribution < -0.4 is 10.6 Å². The van der Waals surface area contributed by atoms with Gasteiger partial charge in [-0.2, -0.15) is 0 Å². The van der Waals surface area contributed by atoms with Crippen LogP contribution in [-0.4, -0.2) is 31.7 Å². The van der Waals surface area contributed by atoms with Crippen LogP contribution in [0, 0.1) is 0 Å². The summed E-state index contributed by atoms with van der Waals surface area (Å²) >= 11 is 5.78. The van der Waals surface area contributed by atoms with Gasteiger partial charge in [-0.1, -0.05) is 11.6 Å². The van der Waals surface area contributed by atoms with Gasteiger partial charge in [-0.25, -0.2) is 0 Å². The second kappa shape index (κ2) is 6.61. The monoisotopic (exact) mass is 268 g/mol. The van der Waals surface area contributed by atoms with Gasteiger partial charge in [-0.15, -0.1) is 0 Å². The van der Waals surface area contributed by atoms with E-state index < -0.39 is 0 Å². The van der Waals surface area contributed by atoms with E-state index >= 15 is 0 Å². The molecule has 2 rings (SSSR count). The second-order valence-corrected chi connectivity index (χ2v) is 4.75. The largest absolute Gasteiger partial charge is 0.381 e. The summed E-state index contributed by atoms with van der Waals surface area (Å²) in [7, 11) is 0. The van der Waals surface area contributed by atoms with Crippen molar-refractivity contribution in [1.82, 2.24) is 5.32 Å². The number of nitrogens with one attached hydrogen (secondary N) is 2. The van der Waals surface area contributed by atoms with E-state index in [4.69, 9.17) is 16.3 Å². The Bertz CT molecular complexity index is 388. The zero-order valence-electron chi connectivity index (χ0n) is 10.1. The quantitative estimate of drug-likeness (QED) is 0.879. The molecular weight excluding hydrogens is 252 g/mol. The molecule has 1 saturated heterocycles. The van der Waals surface area contributed by atoms with Gasteiger partial charge in [-0.05, 0) is 37.1 Å². The highest BCUT2D eigenvalue weighted by Crippen LogP contribution is 2.13. The Kier molecular flexibility index (Phi) is 4.84. The van der Waals surface area contributed by atoms with Crippen LogP contribution in [0.25, 0.3) is 0 Å². The first-order valence-corrected chi connectivity index (χ1v) is 6.48. The minimum Gasteiger partial charge on any atom is -0.381 e. The molecule has 0 aromatic heterocycles. The van der Waals surface area contributed by atoms with Gasteiger partial charge in [0.15, 0.2) is 0 Å². The van der Waals surface area contributed by atoms with E-state index in [1.807, 2.05) is 12.1 Å². The number of anilines is 1. The van der Waals surface area contributed by atoms with Crippen molar-refractivity contribution in [2.24, 2.45) is 0 Å². The summed E-state index contributed by atoms with van der Waals surface area (Å²) in [6, 6.07) is 7.53. The molecule has 1 fully saturated rings. The molecule has 0 radical (unpaired) electrons. The number of carbonyl (C=O) groups is 1. The maximum atomic E-state index is 11.7. The van der Waals surface area contributed by atoms with Crippen molar-refractivity contribution >= 4 is 23.2 Å². The van der Waals surface area contributed by atoms with Gasteiger partial charge >= 0.3 is 0 Å². The molecule has 0 atom stereocenters. The van der Waals surface area contributed by atoms with E-state index in [-0.39, 0.29) is 18.5 Å². The Morgan fingerprint density at radius 1 is 1.28 bits per heavy atom. The van der Waals surface area contributed by atoms with Crippen molar-refractivity contribution < 1.29 is 9.53 Å². The van der Waals surface area contributed by atoms with Crippen LogP contribution in [0.4, 0.5) is 5.69 Å². The zero-order chi connectivity index (χ0) is 12.8. The SMILES string of the molecule is O=C(CNc1ccc(Cl)cc1)NC1CCOCC1. The number of hydrogen-bond donors (Lipinski definition) is 2. The third-order valence-corrected chi connectivity index (χ3v) is 3.14. The summed E-state index contributed by atoms with van der Waals surface area (Å²) in [6.45, 7) is 1.74. The van der Waals surface area contributed by atoms with Crippen LogP contribution in [0.1, 0.15) is 12.8 Å². The third kappa shape index (κ3) is 4.20. The van der Waals surface area contributed by atoms with E-state index in [1.165, 1.54) is 0 Å². The first-order valence-electron chi connectivity index (χ1n) is 6.10. The lowest BCUT2D eigenvalue weighted by Crippen LogP contribution is -2.41. The summed E-state index contributed by atoms with van der Waals surface area (Å²) < 4.78 is 5.24. The Morgan fingerprint density at radius 3 is 2.61 bits per heavy atom. The highest BCUT2D eigenvalue weighted by Gasteiger charge is 2.15. The molecule has 0 bridgehead atoms. The molecule has 1 heterocycles. The fraction of sp³-hybridized carbons (Fsp3) is 0.462. The lowest BCUT2D eigenvalue weighted by molar-refractivity contribution is -0.120. The van der Waals surface area contributed by atoms with Gasteiger partial charge in [0.2, 0.25) is 5.91 Å². The van der Waals surface area contributed by atoms with Gasteiger partial charge in [-0.3, -0.25) is 4.79 Å². The number of carbonyl (C=O) groups excluding carboxylic acids is 1. The van der Waals surface area contributed by atoms with E-state index in [0.717, 1.165) is 31.7 Å². The van der Waals surface area contributed by atoms with Gasteiger partial charge in [0.1, 0.15) is 0 Å². The number of hydrogen-bond acceptors (Lipinski definition) is 3. The van der Waals surface area contributed by atoms with Crippen molar-refractivity contribution in [1.29, 1.82) is 0 Å².